The number of hydrogen-bond acceptors (Lipinski definition) is 6. The molecule has 0 radical (unpaired) electrons. The molecule has 1 heterocycles. The molecule has 0 fully saturated rings. The van der Waals surface area contributed by atoms with E-state index in [1.54, 1.807) is 24.3 Å². The zero-order chi connectivity index (χ0) is 19.9. The van der Waals surface area contributed by atoms with Crippen LogP contribution in [0, 0.1) is 10.1 Å². The molecule has 0 atom stereocenters. The van der Waals surface area contributed by atoms with Crippen molar-refractivity contribution in [3.63, 3.8) is 0 Å². The summed E-state index contributed by atoms with van der Waals surface area (Å²) in [5.41, 5.74) is 3.08. The molecule has 28 heavy (non-hydrogen) atoms. The minimum atomic E-state index is -0.544. The molecule has 0 saturated carbocycles. The molecule has 3 rings (SSSR count). The van der Waals surface area contributed by atoms with Crippen molar-refractivity contribution in [2.75, 3.05) is 5.32 Å². The van der Waals surface area contributed by atoms with Crippen LogP contribution in [0.25, 0.3) is 0 Å². The number of hydrogen-bond donors (Lipinski definition) is 2. The summed E-state index contributed by atoms with van der Waals surface area (Å²) in [5.74, 6) is -0.968. The molecule has 2 N–H and O–H groups in total. The van der Waals surface area contributed by atoms with Crippen LogP contribution in [0.4, 0.5) is 11.4 Å². The fraction of sp³-hybridized carbons (Fsp3) is 0. The number of thiophene rings is 1. The number of hydrazone groups is 1. The highest BCUT2D eigenvalue weighted by Crippen LogP contribution is 2.18. The number of anilines is 1. The zero-order valence-corrected chi connectivity index (χ0v) is 15.2. The fourth-order valence-electron chi connectivity index (χ4n) is 2.30. The van der Waals surface area contributed by atoms with Gasteiger partial charge in [0.25, 0.3) is 17.5 Å². The monoisotopic (exact) mass is 394 g/mol. The fourth-order valence-corrected chi connectivity index (χ4v) is 2.88. The first kappa shape index (κ1) is 18.9. The summed E-state index contributed by atoms with van der Waals surface area (Å²) in [4.78, 5) is 35.8. The standard InChI is InChI=1S/C19H14N4O4S/c24-18(13-7-9-14(10-8-13)23(26)27)21-17-6-2-1-5-16(17)19(25)22-20-12-15-4-3-11-28-15/h1-12H,(H,21,24)(H,22,25)/b20-12-. The van der Waals surface area contributed by atoms with Gasteiger partial charge in [-0.1, -0.05) is 18.2 Å². The lowest BCUT2D eigenvalue weighted by Crippen LogP contribution is -2.21. The van der Waals surface area contributed by atoms with E-state index in [2.05, 4.69) is 15.8 Å². The summed E-state index contributed by atoms with van der Waals surface area (Å²) in [5, 5.41) is 19.1. The number of benzene rings is 2. The van der Waals surface area contributed by atoms with Gasteiger partial charge in [0.15, 0.2) is 0 Å². The maximum absolute atomic E-state index is 12.4. The third-order valence-corrected chi connectivity index (χ3v) is 4.47. The van der Waals surface area contributed by atoms with Gasteiger partial charge >= 0.3 is 0 Å². The van der Waals surface area contributed by atoms with Crippen molar-refractivity contribution in [2.45, 2.75) is 0 Å². The number of non-ortho nitro benzene ring substituents is 1. The Kier molecular flexibility index (Phi) is 5.87. The first-order chi connectivity index (χ1) is 13.5. The topological polar surface area (TPSA) is 114 Å². The second-order valence-corrected chi connectivity index (χ2v) is 6.50. The number of carbonyl (C=O) groups is 2. The molecule has 2 amide bonds. The van der Waals surface area contributed by atoms with Gasteiger partial charge in [-0.05, 0) is 35.7 Å². The Morgan fingerprint density at radius 1 is 1.00 bits per heavy atom. The number of nitrogens with zero attached hydrogens (tertiary/aromatic N) is 2. The minimum absolute atomic E-state index is 0.111. The van der Waals surface area contributed by atoms with Gasteiger partial charge in [-0.15, -0.1) is 11.3 Å². The van der Waals surface area contributed by atoms with Crippen molar-refractivity contribution < 1.29 is 14.5 Å². The lowest BCUT2D eigenvalue weighted by Gasteiger charge is -2.10. The van der Waals surface area contributed by atoms with E-state index in [9.17, 15) is 19.7 Å². The van der Waals surface area contributed by atoms with Gasteiger partial charge in [-0.2, -0.15) is 5.10 Å². The van der Waals surface area contributed by atoms with E-state index >= 15 is 0 Å². The predicted molar refractivity (Wildman–Crippen MR) is 107 cm³/mol. The zero-order valence-electron chi connectivity index (χ0n) is 14.4. The van der Waals surface area contributed by atoms with Gasteiger partial charge in [-0.3, -0.25) is 19.7 Å². The van der Waals surface area contributed by atoms with E-state index in [4.69, 9.17) is 0 Å². The Morgan fingerprint density at radius 2 is 1.75 bits per heavy atom. The Labute approximate surface area is 163 Å². The number of rotatable bonds is 6. The number of nitrogens with one attached hydrogen (secondary N) is 2. The summed E-state index contributed by atoms with van der Waals surface area (Å²) in [7, 11) is 0. The normalized spacial score (nSPS) is 10.6. The van der Waals surface area contributed by atoms with Crippen molar-refractivity contribution in [1.82, 2.24) is 5.43 Å². The quantitative estimate of drug-likeness (QED) is 0.377. The third kappa shape index (κ3) is 4.65. The predicted octanol–water partition coefficient (Wildman–Crippen LogP) is 3.67. The number of nitro groups is 1. The van der Waals surface area contributed by atoms with Crippen molar-refractivity contribution in [3.05, 3.63) is 92.2 Å². The van der Waals surface area contributed by atoms with E-state index in [0.29, 0.717) is 5.69 Å². The number of amides is 2. The second kappa shape index (κ2) is 8.69. The van der Waals surface area contributed by atoms with E-state index in [0.717, 1.165) is 4.88 Å². The molecule has 0 aliphatic carbocycles. The Bertz CT molecular complexity index is 1030. The highest BCUT2D eigenvalue weighted by Gasteiger charge is 2.14. The second-order valence-electron chi connectivity index (χ2n) is 5.52. The van der Waals surface area contributed by atoms with Crippen LogP contribution in [0.1, 0.15) is 25.6 Å². The minimum Gasteiger partial charge on any atom is -0.321 e. The van der Waals surface area contributed by atoms with Crippen LogP contribution in [0.3, 0.4) is 0 Å². The molecule has 0 aliphatic heterocycles. The molecule has 0 spiro atoms. The van der Waals surface area contributed by atoms with Crippen molar-refractivity contribution in [1.29, 1.82) is 0 Å². The molecule has 0 unspecified atom stereocenters. The van der Waals surface area contributed by atoms with Crippen LogP contribution in [0.5, 0.6) is 0 Å². The number of carbonyl (C=O) groups excluding carboxylic acids is 2. The number of nitro benzene ring substituents is 1. The molecule has 0 saturated heterocycles. The third-order valence-electron chi connectivity index (χ3n) is 3.66. The van der Waals surface area contributed by atoms with Gasteiger partial charge in [0.2, 0.25) is 0 Å². The Morgan fingerprint density at radius 3 is 2.43 bits per heavy atom. The smallest absolute Gasteiger partial charge is 0.273 e. The first-order valence-electron chi connectivity index (χ1n) is 8.06. The van der Waals surface area contributed by atoms with Gasteiger partial charge in [-0.25, -0.2) is 5.43 Å². The first-order valence-corrected chi connectivity index (χ1v) is 8.94. The van der Waals surface area contributed by atoms with Crippen LogP contribution in [0.15, 0.2) is 71.1 Å². The average Bonchev–Trinajstić information content (AvgIpc) is 3.22. The molecule has 9 heteroatoms. The van der Waals surface area contributed by atoms with Gasteiger partial charge in [0, 0.05) is 22.6 Å². The van der Waals surface area contributed by atoms with E-state index < -0.39 is 16.7 Å². The van der Waals surface area contributed by atoms with Crippen molar-refractivity contribution >= 4 is 40.7 Å². The Hall–Kier alpha value is -3.85. The van der Waals surface area contributed by atoms with E-state index in [1.165, 1.54) is 41.8 Å². The maximum Gasteiger partial charge on any atom is 0.273 e. The molecule has 8 nitrogen and oxygen atoms in total. The molecule has 2 aromatic carbocycles. The van der Waals surface area contributed by atoms with E-state index in [1.807, 2.05) is 17.5 Å². The molecule has 3 aromatic rings. The SMILES string of the molecule is O=C(Nc1ccccc1C(=O)N/N=C\c1cccs1)c1ccc([N+](=O)[O-])cc1. The summed E-state index contributed by atoms with van der Waals surface area (Å²) in [6, 6.07) is 15.4. The highest BCUT2D eigenvalue weighted by atomic mass is 32.1. The average molecular weight is 394 g/mol. The lowest BCUT2D eigenvalue weighted by molar-refractivity contribution is -0.384. The molecule has 140 valence electrons. The molecule has 0 aliphatic rings. The van der Waals surface area contributed by atoms with Crippen molar-refractivity contribution in [3.8, 4) is 0 Å². The van der Waals surface area contributed by atoms with E-state index in [-0.39, 0.29) is 16.8 Å². The van der Waals surface area contributed by atoms with Crippen molar-refractivity contribution in [2.24, 2.45) is 5.10 Å². The van der Waals surface area contributed by atoms with Gasteiger partial charge < -0.3 is 5.32 Å². The summed E-state index contributed by atoms with van der Waals surface area (Å²) < 4.78 is 0. The van der Waals surface area contributed by atoms with Gasteiger partial charge in [0.05, 0.1) is 22.4 Å². The lowest BCUT2D eigenvalue weighted by atomic mass is 10.1. The molecule has 0 bridgehead atoms. The number of para-hydroxylation sites is 1. The summed E-state index contributed by atoms with van der Waals surface area (Å²) >= 11 is 1.48. The summed E-state index contributed by atoms with van der Waals surface area (Å²) in [6.45, 7) is 0. The molecule has 1 aromatic heterocycles. The van der Waals surface area contributed by atoms with Gasteiger partial charge in [0.1, 0.15) is 0 Å². The van der Waals surface area contributed by atoms with Crippen LogP contribution in [-0.4, -0.2) is 23.0 Å². The highest BCUT2D eigenvalue weighted by molar-refractivity contribution is 7.11. The summed E-state index contributed by atoms with van der Waals surface area (Å²) in [6.07, 6.45) is 1.53. The van der Waals surface area contributed by atoms with Crippen LogP contribution < -0.4 is 10.7 Å². The molecular formula is C19H14N4O4S. The van der Waals surface area contributed by atoms with Crippen LogP contribution >= 0.6 is 11.3 Å². The molecular weight excluding hydrogens is 380 g/mol. The maximum atomic E-state index is 12.4. The van der Waals surface area contributed by atoms with Crippen LogP contribution in [-0.2, 0) is 0 Å². The largest absolute Gasteiger partial charge is 0.321 e. The van der Waals surface area contributed by atoms with Crippen LogP contribution in [0.2, 0.25) is 0 Å². The Balaban J connectivity index is 1.71.